The van der Waals surface area contributed by atoms with Crippen molar-refractivity contribution in [1.29, 1.82) is 0 Å². The summed E-state index contributed by atoms with van der Waals surface area (Å²) in [4.78, 5) is 0. The molecule has 10 rings (SSSR count). The first-order valence-electron chi connectivity index (χ1n) is 20.3. The van der Waals surface area contributed by atoms with Crippen LogP contribution in [-0.4, -0.2) is 5.43 Å². The van der Waals surface area contributed by atoms with Crippen LogP contribution < -0.4 is 0 Å². The zero-order chi connectivity index (χ0) is 40.5. The van der Waals surface area contributed by atoms with Gasteiger partial charge in [-0.25, -0.2) is 0 Å². The Hall–Kier alpha value is -4.30. The first kappa shape index (κ1) is 40.5. The van der Waals surface area contributed by atoms with E-state index >= 15 is 0 Å². The second kappa shape index (κ2) is 17.5. The molecule has 0 heterocycles. The van der Waals surface area contributed by atoms with Crippen LogP contribution in [0.3, 0.4) is 0 Å². The summed E-state index contributed by atoms with van der Waals surface area (Å²) in [5.74, 6) is 1.09. The van der Waals surface area contributed by atoms with E-state index in [1.165, 1.54) is 98.0 Å². The van der Waals surface area contributed by atoms with Gasteiger partial charge in [-0.15, -0.1) is 69.1 Å². The number of halogens is 2. The first-order chi connectivity index (χ1) is 28.1. The SMILES string of the molecule is CC(C)c1cc2c(-c3cc4ccccc4c4ccccc34)cccc2[cH-]1.CC(C)c1cc2c(-c3cc4ccccc4c4ccccc34)cccc2[cH-]1.C[Si](C)=[Zr]([Cl])[Cl]. The molecule has 0 aliphatic carbocycles. The molecular weight excluding hydrogens is 839 g/mol. The average Bonchev–Trinajstić information content (AvgIpc) is 3.90. The molecule has 0 spiro atoms. The first-order valence-corrected chi connectivity index (χ1v) is 32.8. The van der Waals surface area contributed by atoms with Crippen LogP contribution in [0.1, 0.15) is 50.7 Å². The number of fused-ring (bicyclic) bond motifs is 8. The van der Waals surface area contributed by atoms with Gasteiger partial charge in [0.25, 0.3) is 0 Å². The third-order valence-electron chi connectivity index (χ3n) is 11.4. The van der Waals surface area contributed by atoms with Gasteiger partial charge in [-0.1, -0.05) is 148 Å². The fourth-order valence-electron chi connectivity index (χ4n) is 8.21. The van der Waals surface area contributed by atoms with Crippen molar-refractivity contribution >= 4 is 87.1 Å². The number of benzene rings is 8. The Morgan fingerprint density at radius 1 is 0.397 bits per heavy atom. The Kier molecular flexibility index (Phi) is 12.2. The van der Waals surface area contributed by atoms with Crippen LogP contribution >= 0.6 is 17.0 Å². The molecule has 0 aliphatic heterocycles. The van der Waals surface area contributed by atoms with Crippen molar-refractivity contribution in [3.05, 3.63) is 181 Å². The van der Waals surface area contributed by atoms with Gasteiger partial charge in [0.15, 0.2) is 0 Å². The van der Waals surface area contributed by atoms with E-state index in [0.29, 0.717) is 11.8 Å². The molecule has 58 heavy (non-hydrogen) atoms. The minimum atomic E-state index is -1.65. The van der Waals surface area contributed by atoms with Crippen LogP contribution in [0.5, 0.6) is 0 Å². The van der Waals surface area contributed by atoms with Gasteiger partial charge in [0.2, 0.25) is 0 Å². The Bertz CT molecular complexity index is 2910. The summed E-state index contributed by atoms with van der Waals surface area (Å²) < 4.78 is 0. The van der Waals surface area contributed by atoms with Crippen molar-refractivity contribution < 1.29 is 18.0 Å². The van der Waals surface area contributed by atoms with Gasteiger partial charge in [0.1, 0.15) is 0 Å². The van der Waals surface area contributed by atoms with Crippen LogP contribution in [0.2, 0.25) is 13.1 Å². The summed E-state index contributed by atoms with van der Waals surface area (Å²) in [7, 11) is 11.2. The molecule has 0 nitrogen and oxygen atoms in total. The van der Waals surface area contributed by atoms with Crippen LogP contribution in [0.25, 0.3) is 86.9 Å². The van der Waals surface area contributed by atoms with Gasteiger partial charge in [-0.3, -0.25) is 0 Å². The van der Waals surface area contributed by atoms with Gasteiger partial charge in [-0.05, 0) is 78.2 Å². The summed E-state index contributed by atoms with van der Waals surface area (Å²) in [5.41, 5.74) is 7.91. The van der Waals surface area contributed by atoms with Crippen molar-refractivity contribution in [2.45, 2.75) is 52.6 Å². The molecule has 4 heteroatoms. The molecular formula is C54H48Cl2SiZr-2. The Labute approximate surface area is 358 Å². The van der Waals surface area contributed by atoms with Crippen molar-refractivity contribution in [1.82, 2.24) is 0 Å². The van der Waals surface area contributed by atoms with Gasteiger partial charge >= 0.3 is 53.5 Å². The Morgan fingerprint density at radius 2 is 0.741 bits per heavy atom. The molecule has 0 aliphatic rings. The normalized spacial score (nSPS) is 11.4. The zero-order valence-corrected chi connectivity index (χ0v) is 39.0. The molecule has 0 aromatic heterocycles. The molecule has 10 aromatic rings. The van der Waals surface area contributed by atoms with Crippen LogP contribution in [-0.2, 0) is 18.0 Å². The Balaban J connectivity index is 0.000000142. The summed E-state index contributed by atoms with van der Waals surface area (Å²) in [6.45, 7) is 13.4. The molecule has 0 atom stereocenters. The maximum atomic E-state index is 5.62. The van der Waals surface area contributed by atoms with E-state index in [1.54, 1.807) is 0 Å². The van der Waals surface area contributed by atoms with E-state index in [0.717, 1.165) is 0 Å². The van der Waals surface area contributed by atoms with E-state index in [1.807, 2.05) is 0 Å². The molecule has 0 fully saturated rings. The molecule has 0 radical (unpaired) electrons. The van der Waals surface area contributed by atoms with E-state index < -0.39 is 18.0 Å². The quantitative estimate of drug-likeness (QED) is 0.0938. The second-order valence-corrected chi connectivity index (χ2v) is 39.1. The topological polar surface area (TPSA) is 0 Å². The molecule has 10 aromatic carbocycles. The summed E-state index contributed by atoms with van der Waals surface area (Å²) >= 11 is -1.65. The predicted octanol–water partition coefficient (Wildman–Crippen LogP) is 17.5. The fraction of sp³-hybridized carbons (Fsp3) is 0.148. The molecule has 0 bridgehead atoms. The number of hydrogen-bond donors (Lipinski definition) is 0. The average molecular weight is 887 g/mol. The van der Waals surface area contributed by atoms with Gasteiger partial charge in [0.05, 0.1) is 0 Å². The summed E-state index contributed by atoms with van der Waals surface area (Å²) in [6.07, 6.45) is 0. The molecule has 288 valence electrons. The molecule has 0 N–H and O–H groups in total. The Morgan fingerprint density at radius 3 is 1.10 bits per heavy atom. The zero-order valence-electron chi connectivity index (χ0n) is 34.1. The second-order valence-electron chi connectivity index (χ2n) is 16.1. The van der Waals surface area contributed by atoms with E-state index in [9.17, 15) is 0 Å². The van der Waals surface area contributed by atoms with Gasteiger partial charge in [0, 0.05) is 0 Å². The van der Waals surface area contributed by atoms with Gasteiger partial charge < -0.3 is 0 Å². The van der Waals surface area contributed by atoms with Crippen molar-refractivity contribution in [3.63, 3.8) is 0 Å². The monoisotopic (exact) mass is 884 g/mol. The molecule has 0 saturated carbocycles. The standard InChI is InChI=1S/2C26H21.C2H6Si.2ClH.Zr/c2*1-17(2)20-14-18-9-7-13-24(25(18)16-20)26-15-19-8-3-4-10-21(19)22-11-5-6-12-23(22)26;1-3-2;;;/h2*3-17H,1-2H3;1-2H3;2*1H;/q2*-1;;;;+2/p-2. The van der Waals surface area contributed by atoms with E-state index in [2.05, 4.69) is 211 Å². The molecule has 0 amide bonds. The van der Waals surface area contributed by atoms with E-state index in [-0.39, 0.29) is 5.43 Å². The maximum absolute atomic E-state index is 5.62. The predicted molar refractivity (Wildman–Crippen MR) is 257 cm³/mol. The van der Waals surface area contributed by atoms with Crippen molar-refractivity contribution in [3.8, 4) is 22.3 Å². The van der Waals surface area contributed by atoms with Crippen molar-refractivity contribution in [2.75, 3.05) is 0 Å². The number of rotatable bonds is 4. The number of hydrogen-bond acceptors (Lipinski definition) is 0. The van der Waals surface area contributed by atoms with E-state index in [4.69, 9.17) is 17.0 Å². The minimum absolute atomic E-state index is 0.224. The third kappa shape index (κ3) is 8.15. The van der Waals surface area contributed by atoms with Crippen molar-refractivity contribution in [2.24, 2.45) is 0 Å². The fourth-order valence-corrected chi connectivity index (χ4v) is 8.21. The third-order valence-corrected chi connectivity index (χ3v) is 31.1. The molecule has 0 saturated heterocycles. The van der Waals surface area contributed by atoms with Gasteiger partial charge in [-0.2, -0.15) is 12.1 Å². The van der Waals surface area contributed by atoms with Crippen LogP contribution in [0.15, 0.2) is 170 Å². The van der Waals surface area contributed by atoms with Crippen LogP contribution in [0, 0.1) is 0 Å². The summed E-state index contributed by atoms with van der Waals surface area (Å²) in [5, 5.41) is 15.9. The van der Waals surface area contributed by atoms with Crippen LogP contribution in [0.4, 0.5) is 0 Å². The molecule has 0 unspecified atom stereocenters. The summed E-state index contributed by atoms with van der Waals surface area (Å²) in [6, 6.07) is 62.4.